The molecule has 0 saturated heterocycles. The molecule has 0 spiro atoms. The molecule has 1 aromatic carbocycles. The van der Waals surface area contributed by atoms with Crippen molar-refractivity contribution >= 4 is 5.97 Å². The molecule has 0 bridgehead atoms. The molecule has 1 heterocycles. The molecule has 96 valence electrons. The third-order valence-corrected chi connectivity index (χ3v) is 3.79. The van der Waals surface area contributed by atoms with E-state index in [-0.39, 0.29) is 12.8 Å². The van der Waals surface area contributed by atoms with E-state index in [1.807, 2.05) is 25.1 Å². The molecule has 4 heteroatoms. The summed E-state index contributed by atoms with van der Waals surface area (Å²) in [5.41, 5.74) is 0.400. The van der Waals surface area contributed by atoms with E-state index in [0.717, 1.165) is 30.6 Å². The second kappa shape index (κ2) is 4.19. The number of esters is 1. The molecule has 0 radical (unpaired) electrons. The number of carbonyl (C=O) groups is 1. The highest BCUT2D eigenvalue weighted by molar-refractivity contribution is 5.86. The summed E-state index contributed by atoms with van der Waals surface area (Å²) in [4.78, 5) is 12.2. The second-order valence-corrected chi connectivity index (χ2v) is 4.70. The summed E-state index contributed by atoms with van der Waals surface area (Å²) in [6, 6.07) is 5.72. The van der Waals surface area contributed by atoms with Crippen LogP contribution in [0.15, 0.2) is 18.2 Å². The van der Waals surface area contributed by atoms with Gasteiger partial charge in [-0.15, -0.1) is 0 Å². The predicted molar refractivity (Wildman–Crippen MR) is 64.7 cm³/mol. The lowest BCUT2D eigenvalue weighted by atomic mass is 9.64. The van der Waals surface area contributed by atoms with Crippen molar-refractivity contribution in [1.82, 2.24) is 0 Å². The van der Waals surface area contributed by atoms with E-state index in [0.29, 0.717) is 12.4 Å². The molecule has 0 unspecified atom stereocenters. The monoisotopic (exact) mass is 248 g/mol. The number of fused-ring (bicyclic) bond motifs is 1. The van der Waals surface area contributed by atoms with Crippen LogP contribution in [-0.2, 0) is 14.9 Å². The molecule has 0 amide bonds. The Hall–Kier alpha value is -1.71. The molecule has 0 atom stereocenters. The van der Waals surface area contributed by atoms with Crippen molar-refractivity contribution in [1.29, 1.82) is 0 Å². The fourth-order valence-electron chi connectivity index (χ4n) is 2.69. The molecule has 18 heavy (non-hydrogen) atoms. The van der Waals surface area contributed by atoms with Crippen LogP contribution < -0.4 is 9.47 Å². The van der Waals surface area contributed by atoms with Crippen molar-refractivity contribution < 1.29 is 19.0 Å². The highest BCUT2D eigenvalue weighted by Crippen LogP contribution is 2.51. The van der Waals surface area contributed by atoms with Crippen molar-refractivity contribution in [3.05, 3.63) is 23.8 Å². The molecule has 1 fully saturated rings. The molecule has 2 aliphatic rings. The maximum Gasteiger partial charge on any atom is 0.316 e. The van der Waals surface area contributed by atoms with Gasteiger partial charge in [0.2, 0.25) is 6.79 Å². The predicted octanol–water partition coefficient (Wildman–Crippen LogP) is 2.40. The van der Waals surface area contributed by atoms with E-state index < -0.39 is 5.41 Å². The largest absolute Gasteiger partial charge is 0.465 e. The summed E-state index contributed by atoms with van der Waals surface area (Å²) >= 11 is 0. The lowest BCUT2D eigenvalue weighted by molar-refractivity contribution is -0.154. The van der Waals surface area contributed by atoms with Gasteiger partial charge in [0.05, 0.1) is 12.0 Å². The highest BCUT2D eigenvalue weighted by Gasteiger charge is 2.49. The van der Waals surface area contributed by atoms with Crippen LogP contribution in [0.25, 0.3) is 0 Å². The fourth-order valence-corrected chi connectivity index (χ4v) is 2.69. The molecule has 1 saturated carbocycles. The van der Waals surface area contributed by atoms with Crippen molar-refractivity contribution in [3.8, 4) is 11.5 Å². The van der Waals surface area contributed by atoms with Gasteiger partial charge in [0.1, 0.15) is 0 Å². The van der Waals surface area contributed by atoms with Crippen molar-refractivity contribution in [2.75, 3.05) is 13.4 Å². The molecular weight excluding hydrogens is 232 g/mol. The first-order valence-corrected chi connectivity index (χ1v) is 6.34. The average Bonchev–Trinajstić information content (AvgIpc) is 2.76. The number of benzene rings is 1. The van der Waals surface area contributed by atoms with Crippen LogP contribution in [0.3, 0.4) is 0 Å². The Balaban J connectivity index is 2.02. The molecule has 3 rings (SSSR count). The van der Waals surface area contributed by atoms with Gasteiger partial charge in [0.15, 0.2) is 11.5 Å². The van der Waals surface area contributed by atoms with Crippen LogP contribution in [0.5, 0.6) is 11.5 Å². The van der Waals surface area contributed by atoms with Crippen molar-refractivity contribution in [2.45, 2.75) is 31.6 Å². The SMILES string of the molecule is CCOC(=O)C1(c2cccc3c2OCO3)CCC1. The topological polar surface area (TPSA) is 44.8 Å². The van der Waals surface area contributed by atoms with Crippen LogP contribution in [0.4, 0.5) is 0 Å². The minimum absolute atomic E-state index is 0.139. The first-order valence-electron chi connectivity index (χ1n) is 6.34. The lowest BCUT2D eigenvalue weighted by Gasteiger charge is -2.39. The van der Waals surface area contributed by atoms with E-state index in [1.165, 1.54) is 0 Å². The number of carbonyl (C=O) groups excluding carboxylic acids is 1. The first-order chi connectivity index (χ1) is 8.78. The quantitative estimate of drug-likeness (QED) is 0.770. The lowest BCUT2D eigenvalue weighted by Crippen LogP contribution is -2.43. The van der Waals surface area contributed by atoms with Crippen molar-refractivity contribution in [2.24, 2.45) is 0 Å². The zero-order chi connectivity index (χ0) is 12.6. The Bertz CT molecular complexity index is 477. The Labute approximate surface area is 106 Å². The van der Waals surface area contributed by atoms with E-state index in [9.17, 15) is 4.79 Å². The number of para-hydroxylation sites is 1. The first kappa shape index (κ1) is 11.4. The molecule has 0 aromatic heterocycles. The van der Waals surface area contributed by atoms with Gasteiger partial charge in [-0.1, -0.05) is 18.6 Å². The second-order valence-electron chi connectivity index (χ2n) is 4.70. The van der Waals surface area contributed by atoms with Gasteiger partial charge < -0.3 is 14.2 Å². The molecule has 1 aromatic rings. The Morgan fingerprint density at radius 2 is 2.22 bits per heavy atom. The maximum absolute atomic E-state index is 12.2. The normalized spacial score (nSPS) is 19.2. The van der Waals surface area contributed by atoms with Gasteiger partial charge in [-0.3, -0.25) is 4.79 Å². The van der Waals surface area contributed by atoms with E-state index in [1.54, 1.807) is 0 Å². The van der Waals surface area contributed by atoms with Gasteiger partial charge in [-0.05, 0) is 25.8 Å². The summed E-state index contributed by atoms with van der Waals surface area (Å²) < 4.78 is 16.1. The number of hydrogen-bond acceptors (Lipinski definition) is 4. The van der Waals surface area contributed by atoms with Gasteiger partial charge in [-0.2, -0.15) is 0 Å². The number of rotatable bonds is 3. The van der Waals surface area contributed by atoms with Gasteiger partial charge in [0, 0.05) is 5.56 Å². The Kier molecular flexibility index (Phi) is 2.65. The van der Waals surface area contributed by atoms with Crippen LogP contribution >= 0.6 is 0 Å². The molecule has 0 N–H and O–H groups in total. The fraction of sp³-hybridized carbons (Fsp3) is 0.500. The van der Waals surface area contributed by atoms with Gasteiger partial charge in [0.25, 0.3) is 0 Å². The Morgan fingerprint density at radius 1 is 1.39 bits per heavy atom. The average molecular weight is 248 g/mol. The summed E-state index contributed by atoms with van der Waals surface area (Å²) in [7, 11) is 0. The standard InChI is InChI=1S/C14H16O4/c1-2-16-13(15)14(7-4-8-14)10-5-3-6-11-12(10)18-9-17-11/h3,5-6H,2,4,7-9H2,1H3. The molecule has 1 aliphatic heterocycles. The van der Waals surface area contributed by atoms with Crippen LogP contribution in [0.2, 0.25) is 0 Å². The molecular formula is C14H16O4. The van der Waals surface area contributed by atoms with Crippen LogP contribution in [0, 0.1) is 0 Å². The minimum atomic E-state index is -0.519. The number of hydrogen-bond donors (Lipinski definition) is 0. The molecule has 1 aliphatic carbocycles. The third kappa shape index (κ3) is 1.48. The summed E-state index contributed by atoms with van der Waals surface area (Å²) in [5.74, 6) is 1.30. The third-order valence-electron chi connectivity index (χ3n) is 3.79. The summed E-state index contributed by atoms with van der Waals surface area (Å²) in [6.07, 6.45) is 2.70. The maximum atomic E-state index is 12.2. The van der Waals surface area contributed by atoms with E-state index >= 15 is 0 Å². The smallest absolute Gasteiger partial charge is 0.316 e. The van der Waals surface area contributed by atoms with Gasteiger partial charge >= 0.3 is 5.97 Å². The number of ether oxygens (including phenoxy) is 3. The zero-order valence-electron chi connectivity index (χ0n) is 10.4. The van der Waals surface area contributed by atoms with Crippen LogP contribution in [0.1, 0.15) is 31.7 Å². The Morgan fingerprint density at radius 3 is 2.89 bits per heavy atom. The highest BCUT2D eigenvalue weighted by atomic mass is 16.7. The van der Waals surface area contributed by atoms with Crippen molar-refractivity contribution in [3.63, 3.8) is 0 Å². The van der Waals surface area contributed by atoms with Gasteiger partial charge in [-0.25, -0.2) is 0 Å². The minimum Gasteiger partial charge on any atom is -0.465 e. The van der Waals surface area contributed by atoms with E-state index in [4.69, 9.17) is 14.2 Å². The van der Waals surface area contributed by atoms with E-state index in [2.05, 4.69) is 0 Å². The molecule has 4 nitrogen and oxygen atoms in total. The zero-order valence-corrected chi connectivity index (χ0v) is 10.4. The summed E-state index contributed by atoms with van der Waals surface area (Å²) in [5, 5.41) is 0. The summed E-state index contributed by atoms with van der Waals surface area (Å²) in [6.45, 7) is 2.47. The van der Waals surface area contributed by atoms with Crippen LogP contribution in [-0.4, -0.2) is 19.4 Å².